The van der Waals surface area contributed by atoms with Gasteiger partial charge in [-0.05, 0) is 67.3 Å². The molecule has 0 aliphatic heterocycles. The quantitative estimate of drug-likeness (QED) is 0.827. The van der Waals surface area contributed by atoms with Crippen molar-refractivity contribution in [2.75, 3.05) is 13.7 Å². The summed E-state index contributed by atoms with van der Waals surface area (Å²) in [5, 5.41) is 3.54. The first-order valence-electron chi connectivity index (χ1n) is 7.64. The van der Waals surface area contributed by atoms with Crippen LogP contribution in [-0.2, 0) is 0 Å². The normalized spacial score (nSPS) is 12.2. The van der Waals surface area contributed by atoms with Crippen molar-refractivity contribution < 1.29 is 4.74 Å². The summed E-state index contributed by atoms with van der Waals surface area (Å²) in [5.74, 6) is 0.938. The molecule has 21 heavy (non-hydrogen) atoms. The van der Waals surface area contributed by atoms with Crippen LogP contribution in [0, 0.1) is 6.92 Å². The van der Waals surface area contributed by atoms with Gasteiger partial charge in [-0.1, -0.05) is 31.2 Å². The Morgan fingerprint density at radius 2 is 1.86 bits per heavy atom. The molecule has 2 rings (SSSR count). The van der Waals surface area contributed by atoms with Gasteiger partial charge in [-0.2, -0.15) is 0 Å². The Morgan fingerprint density at radius 1 is 1.10 bits per heavy atom. The fourth-order valence-electron chi connectivity index (χ4n) is 2.52. The lowest BCUT2D eigenvalue weighted by molar-refractivity contribution is 0.412. The molecule has 1 N–H and O–H groups in total. The Labute approximate surface area is 128 Å². The topological polar surface area (TPSA) is 21.3 Å². The van der Waals surface area contributed by atoms with Gasteiger partial charge in [0.15, 0.2) is 0 Å². The number of nitrogens with one attached hydrogen (secondary N) is 1. The third-order valence-electron chi connectivity index (χ3n) is 3.82. The maximum atomic E-state index is 5.33. The van der Waals surface area contributed by atoms with E-state index in [0.29, 0.717) is 6.04 Å². The lowest BCUT2D eigenvalue weighted by atomic mass is 9.98. The van der Waals surface area contributed by atoms with Gasteiger partial charge in [0.25, 0.3) is 0 Å². The number of hydrogen-bond donors (Lipinski definition) is 1. The third-order valence-corrected chi connectivity index (χ3v) is 3.82. The first-order chi connectivity index (χ1) is 10.2. The van der Waals surface area contributed by atoms with Crippen LogP contribution in [0.2, 0.25) is 0 Å². The molecule has 2 nitrogen and oxygen atoms in total. The molecular formula is C19H25NO. The molecule has 0 saturated carbocycles. The van der Waals surface area contributed by atoms with Crippen molar-refractivity contribution in [3.8, 4) is 16.9 Å². The van der Waals surface area contributed by atoms with E-state index in [-0.39, 0.29) is 0 Å². The highest BCUT2D eigenvalue weighted by molar-refractivity contribution is 5.66. The van der Waals surface area contributed by atoms with Crippen molar-refractivity contribution in [2.24, 2.45) is 0 Å². The molecule has 0 aliphatic carbocycles. The lowest BCUT2D eigenvalue weighted by Gasteiger charge is -2.15. The average molecular weight is 283 g/mol. The van der Waals surface area contributed by atoms with Crippen molar-refractivity contribution in [3.05, 3.63) is 53.6 Å². The number of ether oxygens (including phenoxy) is 1. The highest BCUT2D eigenvalue weighted by Crippen LogP contribution is 2.27. The van der Waals surface area contributed by atoms with E-state index in [2.05, 4.69) is 62.5 Å². The van der Waals surface area contributed by atoms with Crippen LogP contribution in [0.3, 0.4) is 0 Å². The predicted molar refractivity (Wildman–Crippen MR) is 89.9 cm³/mol. The zero-order valence-corrected chi connectivity index (χ0v) is 13.4. The highest BCUT2D eigenvalue weighted by atomic mass is 16.5. The van der Waals surface area contributed by atoms with Crippen molar-refractivity contribution in [1.29, 1.82) is 0 Å². The zero-order valence-electron chi connectivity index (χ0n) is 13.4. The SMILES string of the molecule is CCCNC(C)c1cccc(-c2ccc(OC)c(C)c2)c1. The van der Waals surface area contributed by atoms with Gasteiger partial charge in [-0.3, -0.25) is 0 Å². The van der Waals surface area contributed by atoms with Crippen LogP contribution in [0.5, 0.6) is 5.75 Å². The fraction of sp³-hybridized carbons (Fsp3) is 0.368. The van der Waals surface area contributed by atoms with E-state index < -0.39 is 0 Å². The Balaban J connectivity index is 2.26. The molecule has 0 radical (unpaired) electrons. The summed E-state index contributed by atoms with van der Waals surface area (Å²) in [7, 11) is 1.71. The van der Waals surface area contributed by atoms with Gasteiger partial charge in [0.2, 0.25) is 0 Å². The molecule has 1 atom stereocenters. The molecule has 0 amide bonds. The second-order valence-corrected chi connectivity index (χ2v) is 5.49. The van der Waals surface area contributed by atoms with Gasteiger partial charge in [0, 0.05) is 6.04 Å². The van der Waals surface area contributed by atoms with Gasteiger partial charge >= 0.3 is 0 Å². The highest BCUT2D eigenvalue weighted by Gasteiger charge is 2.07. The molecule has 2 heteroatoms. The van der Waals surface area contributed by atoms with E-state index >= 15 is 0 Å². The minimum Gasteiger partial charge on any atom is -0.496 e. The summed E-state index contributed by atoms with van der Waals surface area (Å²) in [6.07, 6.45) is 1.15. The summed E-state index contributed by atoms with van der Waals surface area (Å²) in [5.41, 5.74) is 4.98. The number of hydrogen-bond acceptors (Lipinski definition) is 2. The first-order valence-corrected chi connectivity index (χ1v) is 7.64. The minimum absolute atomic E-state index is 0.379. The Hall–Kier alpha value is -1.80. The maximum absolute atomic E-state index is 5.33. The van der Waals surface area contributed by atoms with Gasteiger partial charge in [0.05, 0.1) is 7.11 Å². The molecule has 0 bridgehead atoms. The van der Waals surface area contributed by atoms with Crippen LogP contribution >= 0.6 is 0 Å². The van der Waals surface area contributed by atoms with Gasteiger partial charge in [-0.15, -0.1) is 0 Å². The van der Waals surface area contributed by atoms with Crippen molar-refractivity contribution in [3.63, 3.8) is 0 Å². The molecule has 112 valence electrons. The monoisotopic (exact) mass is 283 g/mol. The van der Waals surface area contributed by atoms with Crippen LogP contribution in [0.25, 0.3) is 11.1 Å². The van der Waals surface area contributed by atoms with E-state index in [1.807, 2.05) is 6.07 Å². The lowest BCUT2D eigenvalue weighted by Crippen LogP contribution is -2.19. The zero-order chi connectivity index (χ0) is 15.2. The molecule has 0 spiro atoms. The van der Waals surface area contributed by atoms with Gasteiger partial charge < -0.3 is 10.1 Å². The van der Waals surface area contributed by atoms with Crippen molar-refractivity contribution >= 4 is 0 Å². The molecule has 0 aliphatic rings. The second-order valence-electron chi connectivity index (χ2n) is 5.49. The van der Waals surface area contributed by atoms with Crippen LogP contribution in [0.15, 0.2) is 42.5 Å². The molecular weight excluding hydrogens is 258 g/mol. The standard InChI is InChI=1S/C19H25NO/c1-5-11-20-15(3)16-7-6-8-17(13-16)18-9-10-19(21-4)14(2)12-18/h6-10,12-13,15,20H,5,11H2,1-4H3. The minimum atomic E-state index is 0.379. The maximum Gasteiger partial charge on any atom is 0.121 e. The molecule has 1 unspecified atom stereocenters. The van der Waals surface area contributed by atoms with Crippen LogP contribution in [0.1, 0.15) is 37.4 Å². The van der Waals surface area contributed by atoms with E-state index in [0.717, 1.165) is 24.3 Å². The van der Waals surface area contributed by atoms with E-state index in [4.69, 9.17) is 4.74 Å². The molecule has 0 fully saturated rings. The summed E-state index contributed by atoms with van der Waals surface area (Å²) in [6, 6.07) is 15.5. The number of benzene rings is 2. The number of methoxy groups -OCH3 is 1. The summed E-state index contributed by atoms with van der Waals surface area (Å²) in [6.45, 7) is 7.54. The molecule has 2 aromatic rings. The van der Waals surface area contributed by atoms with Crippen molar-refractivity contribution in [1.82, 2.24) is 5.32 Å². The molecule has 0 heterocycles. The molecule has 2 aromatic carbocycles. The van der Waals surface area contributed by atoms with Crippen molar-refractivity contribution in [2.45, 2.75) is 33.2 Å². The second kappa shape index (κ2) is 7.28. The molecule has 0 saturated heterocycles. The van der Waals surface area contributed by atoms with Crippen LogP contribution in [-0.4, -0.2) is 13.7 Å². The average Bonchev–Trinajstić information content (AvgIpc) is 2.52. The first kappa shape index (κ1) is 15.6. The summed E-state index contributed by atoms with van der Waals surface area (Å²) >= 11 is 0. The number of rotatable bonds is 6. The predicted octanol–water partition coefficient (Wildman–Crippen LogP) is 4.73. The molecule has 0 aromatic heterocycles. The van der Waals surface area contributed by atoms with E-state index in [9.17, 15) is 0 Å². The Kier molecular flexibility index (Phi) is 5.40. The van der Waals surface area contributed by atoms with Crippen LogP contribution in [0.4, 0.5) is 0 Å². The van der Waals surface area contributed by atoms with E-state index in [1.54, 1.807) is 7.11 Å². The Bertz CT molecular complexity index is 592. The summed E-state index contributed by atoms with van der Waals surface area (Å²) < 4.78 is 5.33. The van der Waals surface area contributed by atoms with Gasteiger partial charge in [0.1, 0.15) is 5.75 Å². The number of aryl methyl sites for hydroxylation is 1. The third kappa shape index (κ3) is 3.85. The smallest absolute Gasteiger partial charge is 0.121 e. The van der Waals surface area contributed by atoms with Crippen LogP contribution < -0.4 is 10.1 Å². The fourth-order valence-corrected chi connectivity index (χ4v) is 2.52. The largest absolute Gasteiger partial charge is 0.496 e. The summed E-state index contributed by atoms with van der Waals surface area (Å²) in [4.78, 5) is 0. The Morgan fingerprint density at radius 3 is 2.52 bits per heavy atom. The van der Waals surface area contributed by atoms with Gasteiger partial charge in [-0.25, -0.2) is 0 Å². The van der Waals surface area contributed by atoms with E-state index in [1.165, 1.54) is 16.7 Å².